The quantitative estimate of drug-likeness (QED) is 0.421. The summed E-state index contributed by atoms with van der Waals surface area (Å²) in [4.78, 5) is 0. The summed E-state index contributed by atoms with van der Waals surface area (Å²) in [6.45, 7) is 0. The van der Waals surface area contributed by atoms with Crippen LogP contribution in [0.2, 0.25) is 5.02 Å². The van der Waals surface area contributed by atoms with Crippen molar-refractivity contribution < 1.29 is 19.0 Å². The van der Waals surface area contributed by atoms with Crippen molar-refractivity contribution in [3.05, 3.63) is 33.4 Å². The predicted octanol–water partition coefficient (Wildman–Crippen LogP) is 0.893. The van der Waals surface area contributed by atoms with Crippen LogP contribution < -0.4 is 9.46 Å². The molecule has 0 aliphatic rings. The van der Waals surface area contributed by atoms with Crippen molar-refractivity contribution in [1.82, 2.24) is 0 Å². The van der Waals surface area contributed by atoms with Crippen LogP contribution >= 0.6 is 24.2 Å². The van der Waals surface area contributed by atoms with Crippen molar-refractivity contribution in [1.29, 1.82) is 0 Å². The van der Waals surface area contributed by atoms with Gasteiger partial charge >= 0.3 is 10.9 Å². The zero-order valence-electron chi connectivity index (χ0n) is 7.52. The van der Waals surface area contributed by atoms with Gasteiger partial charge in [0.05, 0.1) is 11.1 Å². The van der Waals surface area contributed by atoms with Gasteiger partial charge in [0.2, 0.25) is 0 Å². The average Bonchev–Trinajstić information content (AvgIpc) is 2.26. The van der Waals surface area contributed by atoms with E-state index >= 15 is 0 Å². The maximum Gasteiger partial charge on any atom is 0.460 e. The van der Waals surface area contributed by atoms with Gasteiger partial charge < -0.3 is 15.5 Å². The van der Waals surface area contributed by atoms with Crippen LogP contribution in [0, 0.1) is 16.2 Å². The Labute approximate surface area is 98.9 Å². The van der Waals surface area contributed by atoms with Gasteiger partial charge in [-0.2, -0.15) is 0 Å². The van der Waals surface area contributed by atoms with E-state index < -0.39 is 16.7 Å². The molecule has 1 heterocycles. The van der Waals surface area contributed by atoms with E-state index in [0.29, 0.717) is 0 Å². The average molecular weight is 263 g/mol. The fourth-order valence-electron chi connectivity index (χ4n) is 1.26. The molecule has 84 valence electrons. The molecule has 0 aliphatic carbocycles. The third-order valence-electron chi connectivity index (χ3n) is 2.04. The summed E-state index contributed by atoms with van der Waals surface area (Å²) in [6, 6.07) is 1.76. The van der Waals surface area contributed by atoms with Crippen molar-refractivity contribution in [2.75, 3.05) is 0 Å². The molecule has 2 rings (SSSR count). The van der Waals surface area contributed by atoms with E-state index in [0.717, 1.165) is 12.1 Å². The van der Waals surface area contributed by atoms with Crippen molar-refractivity contribution in [2.24, 2.45) is 0 Å². The zero-order valence-corrected chi connectivity index (χ0v) is 9.17. The third-order valence-corrected chi connectivity index (χ3v) is 2.71. The number of benzene rings is 1. The first kappa shape index (κ1) is 11.0. The van der Waals surface area contributed by atoms with Crippen molar-refractivity contribution in [3.63, 3.8) is 0 Å². The molecule has 0 bridgehead atoms. The van der Waals surface area contributed by atoms with Crippen LogP contribution in [-0.4, -0.2) is 5.11 Å². The smallest absolute Gasteiger partial charge is 0.460 e. The molecule has 5 nitrogen and oxygen atoms in total. The SMILES string of the molecule is [O-][n+]1c(O)c(S)[n+]([O-])c2cc(F)c(Cl)cc21. The Morgan fingerprint density at radius 3 is 2.44 bits per heavy atom. The van der Waals surface area contributed by atoms with Gasteiger partial charge in [0.15, 0.2) is 0 Å². The van der Waals surface area contributed by atoms with Crippen LogP contribution in [0.3, 0.4) is 0 Å². The molecule has 0 atom stereocenters. The lowest BCUT2D eigenvalue weighted by atomic mass is 10.3. The highest BCUT2D eigenvalue weighted by Gasteiger charge is 2.26. The lowest BCUT2D eigenvalue weighted by Gasteiger charge is -2.07. The number of thiol groups is 1. The molecular formula is C8H4ClFN2O3S. The fraction of sp³-hybridized carbons (Fsp3) is 0. The summed E-state index contributed by atoms with van der Waals surface area (Å²) in [6.07, 6.45) is 0. The Hall–Kier alpha value is -1.47. The molecule has 0 unspecified atom stereocenters. The highest BCUT2D eigenvalue weighted by atomic mass is 35.5. The molecule has 16 heavy (non-hydrogen) atoms. The second-order valence-electron chi connectivity index (χ2n) is 2.99. The monoisotopic (exact) mass is 262 g/mol. The van der Waals surface area contributed by atoms with Gasteiger partial charge in [0.25, 0.3) is 11.0 Å². The van der Waals surface area contributed by atoms with Crippen molar-refractivity contribution in [3.8, 4) is 5.88 Å². The van der Waals surface area contributed by atoms with Gasteiger partial charge in [0.1, 0.15) is 5.82 Å². The van der Waals surface area contributed by atoms with Crippen LogP contribution in [0.25, 0.3) is 11.0 Å². The molecule has 2 aromatic rings. The largest absolute Gasteiger partial charge is 0.617 e. The number of halogens is 2. The molecule has 0 saturated heterocycles. The number of hydrogen-bond acceptors (Lipinski definition) is 4. The standard InChI is InChI=1S/C8H4ClFN2O3S/c9-3-1-5-6(2-4(3)10)12(15)8(16)7(13)11(5)14/h1-2,13,16H. The first-order valence-electron chi connectivity index (χ1n) is 3.99. The summed E-state index contributed by atoms with van der Waals surface area (Å²) in [5, 5.41) is 31.4. The summed E-state index contributed by atoms with van der Waals surface area (Å²) < 4.78 is 13.3. The maximum atomic E-state index is 13.1. The van der Waals surface area contributed by atoms with E-state index in [1.54, 1.807) is 0 Å². The minimum atomic E-state index is -0.867. The van der Waals surface area contributed by atoms with Gasteiger partial charge in [-0.05, 0) is 0 Å². The molecule has 1 N–H and O–H groups in total. The topological polar surface area (TPSA) is 74.1 Å². The van der Waals surface area contributed by atoms with Gasteiger partial charge in [-0.1, -0.05) is 24.2 Å². The van der Waals surface area contributed by atoms with Crippen molar-refractivity contribution in [2.45, 2.75) is 5.03 Å². The van der Waals surface area contributed by atoms with E-state index in [2.05, 4.69) is 12.6 Å². The van der Waals surface area contributed by atoms with Crippen molar-refractivity contribution >= 4 is 35.3 Å². The predicted molar refractivity (Wildman–Crippen MR) is 55.8 cm³/mol. The Balaban J connectivity index is 3.02. The van der Waals surface area contributed by atoms with E-state index in [1.165, 1.54) is 0 Å². The van der Waals surface area contributed by atoms with Crippen LogP contribution in [0.4, 0.5) is 4.39 Å². The van der Waals surface area contributed by atoms with Gasteiger partial charge in [0, 0.05) is 6.07 Å². The zero-order chi connectivity index (χ0) is 12.0. The Morgan fingerprint density at radius 2 is 1.81 bits per heavy atom. The molecule has 0 amide bonds. The molecule has 1 aromatic heterocycles. The van der Waals surface area contributed by atoms with E-state index in [4.69, 9.17) is 11.6 Å². The highest BCUT2D eigenvalue weighted by molar-refractivity contribution is 7.80. The normalized spacial score (nSPS) is 10.9. The first-order chi connectivity index (χ1) is 7.43. The van der Waals surface area contributed by atoms with Gasteiger partial charge in [-0.15, -0.1) is 9.46 Å². The highest BCUT2D eigenvalue weighted by Crippen LogP contribution is 2.22. The van der Waals surface area contributed by atoms with Crippen LogP contribution in [0.1, 0.15) is 0 Å². The van der Waals surface area contributed by atoms with E-state index in [9.17, 15) is 19.9 Å². The molecular weight excluding hydrogens is 259 g/mol. The second-order valence-corrected chi connectivity index (χ2v) is 3.82. The maximum absolute atomic E-state index is 13.1. The summed E-state index contributed by atoms with van der Waals surface area (Å²) in [7, 11) is 0. The molecule has 0 saturated carbocycles. The summed E-state index contributed by atoms with van der Waals surface area (Å²) in [5.41, 5.74) is -0.503. The third kappa shape index (κ3) is 1.40. The van der Waals surface area contributed by atoms with Crippen LogP contribution in [0.5, 0.6) is 5.88 Å². The molecule has 0 spiro atoms. The summed E-state index contributed by atoms with van der Waals surface area (Å²) >= 11 is 9.11. The molecule has 0 radical (unpaired) electrons. The minimum Gasteiger partial charge on any atom is -0.617 e. The molecule has 1 aromatic carbocycles. The number of aromatic hydroxyl groups is 1. The molecule has 0 fully saturated rings. The lowest BCUT2D eigenvalue weighted by molar-refractivity contribution is -0.664. The Morgan fingerprint density at radius 1 is 1.25 bits per heavy atom. The first-order valence-corrected chi connectivity index (χ1v) is 4.81. The fourth-order valence-corrected chi connectivity index (χ4v) is 1.62. The minimum absolute atomic E-state index is 0.0530. The van der Waals surface area contributed by atoms with Gasteiger partial charge in [-0.3, -0.25) is 0 Å². The van der Waals surface area contributed by atoms with Gasteiger partial charge in [-0.25, -0.2) is 4.39 Å². The van der Waals surface area contributed by atoms with E-state index in [1.807, 2.05) is 0 Å². The number of rotatable bonds is 0. The van der Waals surface area contributed by atoms with E-state index in [-0.39, 0.29) is 25.5 Å². The lowest BCUT2D eigenvalue weighted by Crippen LogP contribution is -2.39. The second kappa shape index (κ2) is 3.53. The Kier molecular flexibility index (Phi) is 2.43. The Bertz CT molecular complexity index is 555. The summed E-state index contributed by atoms with van der Waals surface area (Å²) in [5.74, 6) is -1.70. The number of nitrogens with zero attached hydrogens (tertiary/aromatic N) is 2. The number of hydrogen-bond donors (Lipinski definition) is 2. The number of aromatic nitrogens is 2. The molecule has 8 heteroatoms. The number of fused-ring (bicyclic) bond motifs is 1. The molecule has 0 aliphatic heterocycles. The van der Waals surface area contributed by atoms with Crippen LogP contribution in [-0.2, 0) is 0 Å². The van der Waals surface area contributed by atoms with Crippen LogP contribution in [0.15, 0.2) is 17.2 Å².